The Morgan fingerprint density at radius 1 is 1.14 bits per heavy atom. The number of amides is 1. The summed E-state index contributed by atoms with van der Waals surface area (Å²) in [7, 11) is 0. The van der Waals surface area contributed by atoms with Crippen molar-refractivity contribution in [3.8, 4) is 27.6 Å². The van der Waals surface area contributed by atoms with E-state index in [2.05, 4.69) is 0 Å². The highest BCUT2D eigenvalue weighted by molar-refractivity contribution is 7.13. The van der Waals surface area contributed by atoms with Gasteiger partial charge in [-0.15, -0.1) is 11.3 Å². The molecule has 1 aliphatic heterocycles. The number of carbonyl (C=O) groups excluding carboxylic acids is 2. The van der Waals surface area contributed by atoms with Crippen LogP contribution < -0.4 is 9.64 Å². The van der Waals surface area contributed by atoms with Gasteiger partial charge in [0.25, 0.3) is 5.91 Å². The third-order valence-electron chi connectivity index (χ3n) is 6.73. The Morgan fingerprint density at radius 3 is 2.66 bits per heavy atom. The van der Waals surface area contributed by atoms with E-state index in [0.717, 1.165) is 47.5 Å². The zero-order valence-corrected chi connectivity index (χ0v) is 20.9. The summed E-state index contributed by atoms with van der Waals surface area (Å²) in [5.74, 6) is 0.0202. The Balaban J connectivity index is 1.46. The normalized spacial score (nSPS) is 19.1. The number of anilines is 1. The molecule has 1 amide bonds. The fourth-order valence-corrected chi connectivity index (χ4v) is 5.68. The number of thiazole rings is 1. The molecule has 0 radical (unpaired) electrons. The van der Waals surface area contributed by atoms with E-state index in [1.165, 1.54) is 6.42 Å². The molecule has 2 unspecified atom stereocenters. The monoisotopic (exact) mass is 490 g/mol. The van der Waals surface area contributed by atoms with E-state index < -0.39 is 12.1 Å². The quantitative estimate of drug-likeness (QED) is 0.382. The van der Waals surface area contributed by atoms with Crippen LogP contribution in [0.3, 0.4) is 0 Å². The lowest BCUT2D eigenvalue weighted by Gasteiger charge is -2.37. The Labute approximate surface area is 209 Å². The molecule has 1 aliphatic carbocycles. The number of carbonyl (C=O) groups is 2. The maximum Gasteiger partial charge on any atom is 0.329 e. The third-order valence-corrected chi connectivity index (χ3v) is 7.62. The minimum Gasteiger partial charge on any atom is -0.479 e. The van der Waals surface area contributed by atoms with Crippen LogP contribution in [0.2, 0.25) is 0 Å². The van der Waals surface area contributed by atoms with Gasteiger partial charge in [-0.3, -0.25) is 9.69 Å². The Hall–Kier alpha value is -3.19. The lowest BCUT2D eigenvalue weighted by molar-refractivity contribution is -0.153. The first kappa shape index (κ1) is 23.5. The van der Waals surface area contributed by atoms with Gasteiger partial charge in [-0.1, -0.05) is 43.7 Å². The van der Waals surface area contributed by atoms with Gasteiger partial charge in [0.1, 0.15) is 22.9 Å². The van der Waals surface area contributed by atoms with Crippen LogP contribution in [-0.2, 0) is 14.3 Å². The molecule has 2 aliphatic rings. The fraction of sp³-hybridized carbons (Fsp3) is 0.393. The van der Waals surface area contributed by atoms with Gasteiger partial charge in [0.2, 0.25) is 0 Å². The second-order valence-corrected chi connectivity index (χ2v) is 10.0. The third kappa shape index (κ3) is 4.82. The minimum atomic E-state index is -0.694. The molecule has 2 atom stereocenters. The molecule has 0 bridgehead atoms. The molecule has 3 aromatic rings. The molecule has 1 aromatic heterocycles. The van der Waals surface area contributed by atoms with Gasteiger partial charge in [0.05, 0.1) is 11.4 Å². The summed E-state index contributed by atoms with van der Waals surface area (Å²) in [5, 5.41) is 2.94. The maximum atomic E-state index is 13.3. The predicted molar refractivity (Wildman–Crippen MR) is 138 cm³/mol. The van der Waals surface area contributed by atoms with Crippen LogP contribution in [0.1, 0.15) is 52.4 Å². The summed E-state index contributed by atoms with van der Waals surface area (Å²) < 4.78 is 11.8. The van der Waals surface area contributed by atoms with Crippen molar-refractivity contribution in [3.63, 3.8) is 0 Å². The Bertz CT molecular complexity index is 1200. The van der Waals surface area contributed by atoms with Crippen LogP contribution in [0.4, 0.5) is 5.69 Å². The molecule has 182 valence electrons. The summed E-state index contributed by atoms with van der Waals surface area (Å²) in [4.78, 5) is 33.0. The number of aromatic nitrogens is 1. The molecule has 0 spiro atoms. The number of rotatable bonds is 6. The lowest BCUT2D eigenvalue weighted by Crippen LogP contribution is -2.53. The molecule has 5 rings (SSSR count). The number of ether oxygens (including phenoxy) is 2. The molecule has 0 N–H and O–H groups in total. The van der Waals surface area contributed by atoms with Gasteiger partial charge in [0, 0.05) is 16.5 Å². The van der Waals surface area contributed by atoms with E-state index in [4.69, 9.17) is 14.5 Å². The van der Waals surface area contributed by atoms with Gasteiger partial charge in [-0.2, -0.15) is 0 Å². The molecule has 0 saturated heterocycles. The average molecular weight is 491 g/mol. The lowest BCUT2D eigenvalue weighted by atomic mass is 9.97. The van der Waals surface area contributed by atoms with Gasteiger partial charge in [-0.05, 0) is 57.2 Å². The second-order valence-electron chi connectivity index (χ2n) is 9.18. The number of fused-ring (bicyclic) bond motifs is 1. The maximum absolute atomic E-state index is 13.3. The smallest absolute Gasteiger partial charge is 0.329 e. The number of esters is 1. The van der Waals surface area contributed by atoms with E-state index in [9.17, 15) is 9.59 Å². The highest BCUT2D eigenvalue weighted by Crippen LogP contribution is 2.40. The van der Waals surface area contributed by atoms with Crippen LogP contribution >= 0.6 is 11.3 Å². The highest BCUT2D eigenvalue weighted by Gasteiger charge is 2.40. The predicted octanol–water partition coefficient (Wildman–Crippen LogP) is 6.25. The number of nitrogens with zero attached hydrogens (tertiary/aromatic N) is 2. The molecule has 7 heteroatoms. The van der Waals surface area contributed by atoms with E-state index >= 15 is 0 Å². The van der Waals surface area contributed by atoms with E-state index in [0.29, 0.717) is 17.9 Å². The standard InChI is InChI=1S/C28H30N2O4S/c1-3-23(28(32)34-21-12-8-5-9-13-21)30-24-16-20(14-15-25(24)33-18(2)27(30)31)22-17-35-26(29-22)19-10-6-4-7-11-19/h4,6-7,10-11,14-18,21,23H,3,5,8-9,12-13H2,1-2H3. The largest absolute Gasteiger partial charge is 0.479 e. The summed E-state index contributed by atoms with van der Waals surface area (Å²) in [6.07, 6.45) is 4.85. The summed E-state index contributed by atoms with van der Waals surface area (Å²) in [6, 6.07) is 15.1. The second kappa shape index (κ2) is 10.2. The minimum absolute atomic E-state index is 0.0592. The number of hydrogen-bond donors (Lipinski definition) is 0. The van der Waals surface area contributed by atoms with E-state index in [-0.39, 0.29) is 18.0 Å². The van der Waals surface area contributed by atoms with Crippen molar-refractivity contribution in [1.82, 2.24) is 4.98 Å². The fourth-order valence-electron chi connectivity index (χ4n) is 4.84. The van der Waals surface area contributed by atoms with E-state index in [1.807, 2.05) is 60.8 Å². The van der Waals surface area contributed by atoms with Crippen molar-refractivity contribution < 1.29 is 19.1 Å². The zero-order valence-electron chi connectivity index (χ0n) is 20.1. The molecule has 35 heavy (non-hydrogen) atoms. The molecular weight excluding hydrogens is 460 g/mol. The van der Waals surface area contributed by atoms with E-state index in [1.54, 1.807) is 23.2 Å². The summed E-state index contributed by atoms with van der Waals surface area (Å²) in [5.41, 5.74) is 3.34. The molecular formula is C28H30N2O4S. The zero-order chi connectivity index (χ0) is 24.4. The first-order chi connectivity index (χ1) is 17.0. The van der Waals surface area contributed by atoms with Crippen molar-refractivity contribution in [1.29, 1.82) is 0 Å². The van der Waals surface area contributed by atoms with Crippen LogP contribution in [0, 0.1) is 0 Å². The van der Waals surface area contributed by atoms with Crippen molar-refractivity contribution in [2.24, 2.45) is 0 Å². The first-order valence-corrected chi connectivity index (χ1v) is 13.3. The Kier molecular flexibility index (Phi) is 6.86. The van der Waals surface area contributed by atoms with Crippen molar-refractivity contribution in [2.45, 2.75) is 70.6 Å². The topological polar surface area (TPSA) is 68.7 Å². The summed E-state index contributed by atoms with van der Waals surface area (Å²) in [6.45, 7) is 3.63. The van der Waals surface area contributed by atoms with Crippen LogP contribution in [0.5, 0.6) is 5.75 Å². The highest BCUT2D eigenvalue weighted by atomic mass is 32.1. The average Bonchev–Trinajstić information content (AvgIpc) is 3.38. The van der Waals surface area contributed by atoms with Gasteiger partial charge in [0.15, 0.2) is 6.10 Å². The van der Waals surface area contributed by atoms with Crippen molar-refractivity contribution >= 4 is 28.9 Å². The van der Waals surface area contributed by atoms with Gasteiger partial charge in [-0.25, -0.2) is 9.78 Å². The number of hydrogen-bond acceptors (Lipinski definition) is 6. The Morgan fingerprint density at radius 2 is 1.91 bits per heavy atom. The van der Waals surface area contributed by atoms with Gasteiger partial charge >= 0.3 is 5.97 Å². The molecule has 1 saturated carbocycles. The van der Waals surface area contributed by atoms with Crippen LogP contribution in [-0.4, -0.2) is 35.1 Å². The van der Waals surface area contributed by atoms with Crippen molar-refractivity contribution in [3.05, 3.63) is 53.9 Å². The molecule has 2 heterocycles. The number of benzene rings is 2. The van der Waals surface area contributed by atoms with Crippen LogP contribution in [0.25, 0.3) is 21.8 Å². The van der Waals surface area contributed by atoms with Gasteiger partial charge < -0.3 is 9.47 Å². The SMILES string of the molecule is CCC(C(=O)OC1CCCCC1)N1C(=O)C(C)Oc2ccc(-c3csc(-c4ccccc4)n3)cc21. The summed E-state index contributed by atoms with van der Waals surface area (Å²) >= 11 is 1.57. The van der Waals surface area contributed by atoms with Crippen molar-refractivity contribution in [2.75, 3.05) is 4.90 Å². The molecule has 2 aromatic carbocycles. The molecule has 6 nitrogen and oxygen atoms in total. The molecule has 1 fully saturated rings. The van der Waals surface area contributed by atoms with Crippen LogP contribution in [0.15, 0.2) is 53.9 Å². The first-order valence-electron chi connectivity index (χ1n) is 12.4.